The van der Waals surface area contributed by atoms with Crippen LogP contribution in [0.25, 0.3) is 10.2 Å². The van der Waals surface area contributed by atoms with Crippen LogP contribution in [0, 0.1) is 0 Å². The van der Waals surface area contributed by atoms with E-state index in [0.29, 0.717) is 13.0 Å². The number of thiazole rings is 1. The summed E-state index contributed by atoms with van der Waals surface area (Å²) in [6.45, 7) is 5.71. The number of hydrogen-bond donors (Lipinski definition) is 0. The molecule has 28 heavy (non-hydrogen) atoms. The minimum Gasteiger partial charge on any atom is -0.493 e. The summed E-state index contributed by atoms with van der Waals surface area (Å²) in [5, 5.41) is 1.07. The monoisotopic (exact) mass is 395 g/mol. The molecule has 0 radical (unpaired) electrons. The minimum absolute atomic E-state index is 0.160. The van der Waals surface area contributed by atoms with Crippen LogP contribution in [0.1, 0.15) is 18.9 Å². The van der Waals surface area contributed by atoms with E-state index in [-0.39, 0.29) is 5.91 Å². The SMILES string of the molecule is CCc1cccc2sc(N3CCN(C(=O)CCOc4ccccc4)CC3)nc12. The first-order valence-corrected chi connectivity index (χ1v) is 10.6. The second kappa shape index (κ2) is 8.61. The third-order valence-electron chi connectivity index (χ3n) is 5.10. The van der Waals surface area contributed by atoms with Crippen LogP contribution in [0.3, 0.4) is 0 Å². The molecule has 6 heteroatoms. The number of aromatic nitrogens is 1. The molecule has 3 aromatic rings. The van der Waals surface area contributed by atoms with Crippen molar-refractivity contribution in [3.8, 4) is 5.75 Å². The van der Waals surface area contributed by atoms with E-state index in [9.17, 15) is 4.79 Å². The number of carbonyl (C=O) groups excluding carboxylic acids is 1. The Hall–Kier alpha value is -2.60. The fourth-order valence-electron chi connectivity index (χ4n) is 3.49. The first-order valence-electron chi connectivity index (χ1n) is 9.83. The lowest BCUT2D eigenvalue weighted by Gasteiger charge is -2.34. The lowest BCUT2D eigenvalue weighted by Crippen LogP contribution is -2.49. The lowest BCUT2D eigenvalue weighted by molar-refractivity contribution is -0.132. The molecule has 4 rings (SSSR count). The highest BCUT2D eigenvalue weighted by atomic mass is 32.1. The number of hydrogen-bond acceptors (Lipinski definition) is 5. The molecule has 1 aromatic heterocycles. The molecule has 1 saturated heterocycles. The zero-order chi connectivity index (χ0) is 19.3. The topological polar surface area (TPSA) is 45.7 Å². The molecule has 0 atom stereocenters. The Labute approximate surface area is 169 Å². The van der Waals surface area contributed by atoms with E-state index in [1.807, 2.05) is 35.2 Å². The number of anilines is 1. The average Bonchev–Trinajstić information content (AvgIpc) is 3.19. The van der Waals surface area contributed by atoms with Crippen molar-refractivity contribution in [3.05, 3.63) is 54.1 Å². The van der Waals surface area contributed by atoms with Crippen molar-refractivity contribution in [2.24, 2.45) is 0 Å². The number of piperazine rings is 1. The van der Waals surface area contributed by atoms with Crippen molar-refractivity contribution < 1.29 is 9.53 Å². The van der Waals surface area contributed by atoms with Crippen LogP contribution in [0.4, 0.5) is 5.13 Å². The number of nitrogens with zero attached hydrogens (tertiary/aromatic N) is 3. The van der Waals surface area contributed by atoms with Gasteiger partial charge in [0.2, 0.25) is 5.91 Å². The highest BCUT2D eigenvalue weighted by molar-refractivity contribution is 7.22. The summed E-state index contributed by atoms with van der Waals surface area (Å²) in [4.78, 5) is 21.6. The van der Waals surface area contributed by atoms with Crippen LogP contribution in [-0.4, -0.2) is 48.6 Å². The molecule has 1 aliphatic rings. The molecule has 0 aliphatic carbocycles. The van der Waals surface area contributed by atoms with E-state index < -0.39 is 0 Å². The second-order valence-electron chi connectivity index (χ2n) is 6.89. The van der Waals surface area contributed by atoms with Crippen LogP contribution in [0.5, 0.6) is 5.75 Å². The molecule has 1 fully saturated rings. The van der Waals surface area contributed by atoms with Gasteiger partial charge in [-0.1, -0.05) is 48.6 Å². The number of para-hydroxylation sites is 2. The Kier molecular flexibility index (Phi) is 5.76. The summed E-state index contributed by atoms with van der Waals surface area (Å²) in [5.74, 6) is 0.968. The van der Waals surface area contributed by atoms with Crippen molar-refractivity contribution in [2.45, 2.75) is 19.8 Å². The van der Waals surface area contributed by atoms with Gasteiger partial charge in [-0.25, -0.2) is 4.98 Å². The predicted octanol–water partition coefficient (Wildman–Crippen LogP) is 3.98. The predicted molar refractivity (Wildman–Crippen MR) is 114 cm³/mol. The van der Waals surface area contributed by atoms with Crippen LogP contribution in [0.15, 0.2) is 48.5 Å². The van der Waals surface area contributed by atoms with E-state index in [1.165, 1.54) is 10.3 Å². The highest BCUT2D eigenvalue weighted by Crippen LogP contribution is 2.31. The molecule has 0 unspecified atom stereocenters. The molecule has 1 aliphatic heterocycles. The normalized spacial score (nSPS) is 14.5. The van der Waals surface area contributed by atoms with Gasteiger partial charge in [-0.2, -0.15) is 0 Å². The molecule has 2 heterocycles. The average molecular weight is 396 g/mol. The minimum atomic E-state index is 0.160. The maximum Gasteiger partial charge on any atom is 0.226 e. The third kappa shape index (κ3) is 4.12. The molecule has 0 saturated carbocycles. The summed E-state index contributed by atoms with van der Waals surface area (Å²) in [6, 6.07) is 16.0. The summed E-state index contributed by atoms with van der Waals surface area (Å²) in [7, 11) is 0. The molecule has 146 valence electrons. The Balaban J connectivity index is 1.30. The van der Waals surface area contributed by atoms with E-state index in [2.05, 4.69) is 30.0 Å². The van der Waals surface area contributed by atoms with Gasteiger partial charge in [0, 0.05) is 26.2 Å². The van der Waals surface area contributed by atoms with Gasteiger partial charge in [0.05, 0.1) is 23.2 Å². The molecule has 2 aromatic carbocycles. The van der Waals surface area contributed by atoms with Gasteiger partial charge in [-0.3, -0.25) is 4.79 Å². The Morgan fingerprint density at radius 3 is 2.61 bits per heavy atom. The summed E-state index contributed by atoms with van der Waals surface area (Å²) < 4.78 is 6.89. The second-order valence-corrected chi connectivity index (χ2v) is 7.90. The van der Waals surface area contributed by atoms with Gasteiger partial charge in [-0.15, -0.1) is 0 Å². The lowest BCUT2D eigenvalue weighted by atomic mass is 10.1. The number of benzene rings is 2. The van der Waals surface area contributed by atoms with Gasteiger partial charge < -0.3 is 14.5 Å². The largest absolute Gasteiger partial charge is 0.493 e. The van der Waals surface area contributed by atoms with Crippen LogP contribution < -0.4 is 9.64 Å². The smallest absolute Gasteiger partial charge is 0.226 e. The van der Waals surface area contributed by atoms with E-state index >= 15 is 0 Å². The summed E-state index contributed by atoms with van der Waals surface area (Å²) in [6.07, 6.45) is 1.41. The summed E-state index contributed by atoms with van der Waals surface area (Å²) >= 11 is 1.75. The van der Waals surface area contributed by atoms with Crippen molar-refractivity contribution in [3.63, 3.8) is 0 Å². The number of rotatable bonds is 6. The number of aryl methyl sites for hydroxylation is 1. The molecular weight excluding hydrogens is 370 g/mol. The van der Waals surface area contributed by atoms with Gasteiger partial charge in [0.1, 0.15) is 5.75 Å². The van der Waals surface area contributed by atoms with Crippen molar-refractivity contribution in [1.29, 1.82) is 0 Å². The Morgan fingerprint density at radius 2 is 1.86 bits per heavy atom. The van der Waals surface area contributed by atoms with Gasteiger partial charge in [-0.05, 0) is 30.2 Å². The van der Waals surface area contributed by atoms with Gasteiger partial charge >= 0.3 is 0 Å². The quantitative estimate of drug-likeness (QED) is 0.633. The van der Waals surface area contributed by atoms with E-state index in [0.717, 1.165) is 49.0 Å². The maximum absolute atomic E-state index is 12.5. The van der Waals surface area contributed by atoms with Gasteiger partial charge in [0.25, 0.3) is 0 Å². The third-order valence-corrected chi connectivity index (χ3v) is 6.18. The maximum atomic E-state index is 12.5. The standard InChI is InChI=1S/C22H25N3O2S/c1-2-17-7-6-10-19-21(17)23-22(28-19)25-14-12-24(13-15-25)20(26)11-16-27-18-8-4-3-5-9-18/h3-10H,2,11-16H2,1H3. The molecule has 0 bridgehead atoms. The van der Waals surface area contributed by atoms with Crippen molar-refractivity contribution >= 4 is 32.6 Å². The highest BCUT2D eigenvalue weighted by Gasteiger charge is 2.23. The van der Waals surface area contributed by atoms with E-state index in [1.54, 1.807) is 11.3 Å². The number of fused-ring (bicyclic) bond motifs is 1. The molecule has 5 nitrogen and oxygen atoms in total. The number of amides is 1. The summed E-state index contributed by atoms with van der Waals surface area (Å²) in [5.41, 5.74) is 2.42. The fraction of sp³-hybridized carbons (Fsp3) is 0.364. The Morgan fingerprint density at radius 1 is 1.07 bits per heavy atom. The number of carbonyl (C=O) groups is 1. The zero-order valence-corrected chi connectivity index (χ0v) is 17.0. The molecule has 0 N–H and O–H groups in total. The molecule has 1 amide bonds. The van der Waals surface area contributed by atoms with E-state index in [4.69, 9.17) is 9.72 Å². The van der Waals surface area contributed by atoms with Crippen LogP contribution in [-0.2, 0) is 11.2 Å². The van der Waals surface area contributed by atoms with Crippen LogP contribution in [0.2, 0.25) is 0 Å². The van der Waals surface area contributed by atoms with Gasteiger partial charge in [0.15, 0.2) is 5.13 Å². The van der Waals surface area contributed by atoms with Crippen LogP contribution >= 0.6 is 11.3 Å². The fourth-order valence-corrected chi connectivity index (χ4v) is 4.56. The molecular formula is C22H25N3O2S. The molecule has 0 spiro atoms. The number of ether oxygens (including phenoxy) is 1. The first-order chi connectivity index (χ1) is 13.7. The van der Waals surface area contributed by atoms with Crippen molar-refractivity contribution in [2.75, 3.05) is 37.7 Å². The first kappa shape index (κ1) is 18.7. The van der Waals surface area contributed by atoms with Crippen molar-refractivity contribution in [1.82, 2.24) is 9.88 Å². The Bertz CT molecular complexity index is 933. The zero-order valence-electron chi connectivity index (χ0n) is 16.1.